The molecule has 0 aliphatic carbocycles. The zero-order valence-corrected chi connectivity index (χ0v) is 9.73. The number of hydrogen-bond donors (Lipinski definition) is 0. The van der Waals surface area contributed by atoms with Crippen molar-refractivity contribution in [3.05, 3.63) is 29.8 Å². The van der Waals surface area contributed by atoms with Gasteiger partial charge in [0.2, 0.25) is 0 Å². The van der Waals surface area contributed by atoms with Crippen molar-refractivity contribution in [2.75, 3.05) is 14.1 Å². The van der Waals surface area contributed by atoms with Gasteiger partial charge in [-0.2, -0.15) is 0 Å². The summed E-state index contributed by atoms with van der Waals surface area (Å²) in [6, 6.07) is 7.67. The summed E-state index contributed by atoms with van der Waals surface area (Å²) in [4.78, 5) is 13.8. The fraction of sp³-hybridized carbons (Fsp3) is 0.300. The van der Waals surface area contributed by atoms with E-state index in [1.165, 1.54) is 11.8 Å². The SMILES string of the molecule is CN(C)C(=O)Sc1ccc(CCl)cc1. The number of carbonyl (C=O) groups is 1. The van der Waals surface area contributed by atoms with Crippen molar-refractivity contribution in [3.8, 4) is 0 Å². The van der Waals surface area contributed by atoms with E-state index in [0.29, 0.717) is 5.88 Å². The first-order chi connectivity index (χ1) is 6.63. The molecule has 0 aromatic heterocycles. The standard InChI is InChI=1S/C10H12ClNOS/c1-12(2)10(13)14-9-5-3-8(7-11)4-6-9/h3-6H,7H2,1-2H3. The van der Waals surface area contributed by atoms with Gasteiger partial charge in [-0.05, 0) is 29.5 Å². The molecule has 0 aliphatic heterocycles. The summed E-state index contributed by atoms with van der Waals surface area (Å²) in [5.74, 6) is 0.507. The van der Waals surface area contributed by atoms with Gasteiger partial charge in [-0.1, -0.05) is 12.1 Å². The lowest BCUT2D eigenvalue weighted by atomic mass is 10.2. The van der Waals surface area contributed by atoms with E-state index in [4.69, 9.17) is 11.6 Å². The molecule has 0 unspecified atom stereocenters. The lowest BCUT2D eigenvalue weighted by Crippen LogP contribution is -2.15. The largest absolute Gasteiger partial charge is 0.339 e. The summed E-state index contributed by atoms with van der Waals surface area (Å²) in [6.45, 7) is 0. The van der Waals surface area contributed by atoms with E-state index in [-0.39, 0.29) is 5.24 Å². The molecule has 0 bridgehead atoms. The second-order valence-corrected chi connectivity index (χ2v) is 4.33. The van der Waals surface area contributed by atoms with E-state index in [9.17, 15) is 4.79 Å². The number of nitrogens with zero attached hydrogens (tertiary/aromatic N) is 1. The van der Waals surface area contributed by atoms with Gasteiger partial charge >= 0.3 is 0 Å². The molecule has 14 heavy (non-hydrogen) atoms. The molecule has 0 fully saturated rings. The molecule has 1 rings (SSSR count). The second-order valence-electron chi connectivity index (χ2n) is 3.04. The smallest absolute Gasteiger partial charge is 0.285 e. The Morgan fingerprint density at radius 2 is 1.93 bits per heavy atom. The van der Waals surface area contributed by atoms with Crippen LogP contribution in [0.2, 0.25) is 0 Å². The summed E-state index contributed by atoms with van der Waals surface area (Å²) >= 11 is 6.87. The minimum absolute atomic E-state index is 0.0311. The number of carbonyl (C=O) groups excluding carboxylic acids is 1. The van der Waals surface area contributed by atoms with E-state index >= 15 is 0 Å². The Hall–Kier alpha value is -0.670. The fourth-order valence-electron chi connectivity index (χ4n) is 0.839. The van der Waals surface area contributed by atoms with Gasteiger partial charge in [0, 0.05) is 24.9 Å². The number of amides is 1. The van der Waals surface area contributed by atoms with E-state index < -0.39 is 0 Å². The average Bonchev–Trinajstić information content (AvgIpc) is 2.19. The Bertz CT molecular complexity index is 310. The van der Waals surface area contributed by atoms with Crippen LogP contribution in [-0.2, 0) is 5.88 Å². The van der Waals surface area contributed by atoms with Gasteiger partial charge in [-0.25, -0.2) is 0 Å². The number of hydrogen-bond acceptors (Lipinski definition) is 2. The molecular formula is C10H12ClNOS. The molecule has 0 N–H and O–H groups in total. The first-order valence-electron chi connectivity index (χ1n) is 4.17. The first kappa shape index (κ1) is 11.4. The van der Waals surface area contributed by atoms with Gasteiger partial charge in [0.25, 0.3) is 5.24 Å². The highest BCUT2D eigenvalue weighted by Gasteiger charge is 2.05. The molecule has 1 amide bonds. The molecule has 1 aromatic rings. The predicted molar refractivity (Wildman–Crippen MR) is 60.9 cm³/mol. The van der Waals surface area contributed by atoms with Gasteiger partial charge < -0.3 is 4.90 Å². The maximum atomic E-state index is 11.3. The molecular weight excluding hydrogens is 218 g/mol. The Kier molecular flexibility index (Phi) is 4.29. The zero-order chi connectivity index (χ0) is 10.6. The number of rotatable bonds is 2. The summed E-state index contributed by atoms with van der Waals surface area (Å²) in [6.07, 6.45) is 0. The average molecular weight is 230 g/mol. The van der Waals surface area contributed by atoms with Crippen molar-refractivity contribution >= 4 is 28.6 Å². The highest BCUT2D eigenvalue weighted by atomic mass is 35.5. The molecule has 1 aromatic carbocycles. The summed E-state index contributed by atoms with van der Waals surface area (Å²) in [7, 11) is 3.48. The van der Waals surface area contributed by atoms with Crippen LogP contribution in [0.4, 0.5) is 4.79 Å². The van der Waals surface area contributed by atoms with Crippen LogP contribution in [0.3, 0.4) is 0 Å². The third kappa shape index (κ3) is 3.24. The maximum Gasteiger partial charge on any atom is 0.285 e. The zero-order valence-electron chi connectivity index (χ0n) is 8.16. The van der Waals surface area contributed by atoms with Gasteiger partial charge in [-0.15, -0.1) is 11.6 Å². The van der Waals surface area contributed by atoms with Crippen molar-refractivity contribution in [1.82, 2.24) is 4.90 Å². The number of halogens is 1. The molecule has 0 saturated heterocycles. The number of thioether (sulfide) groups is 1. The molecule has 0 aliphatic rings. The lowest BCUT2D eigenvalue weighted by Gasteiger charge is -2.08. The van der Waals surface area contributed by atoms with E-state index in [0.717, 1.165) is 10.5 Å². The normalized spacial score (nSPS) is 9.93. The van der Waals surface area contributed by atoms with Gasteiger partial charge in [0.15, 0.2) is 0 Å². The van der Waals surface area contributed by atoms with Crippen molar-refractivity contribution in [1.29, 1.82) is 0 Å². The summed E-state index contributed by atoms with van der Waals surface area (Å²) in [5.41, 5.74) is 1.06. The van der Waals surface area contributed by atoms with Crippen LogP contribution in [-0.4, -0.2) is 24.2 Å². The third-order valence-corrected chi connectivity index (χ3v) is 3.00. The first-order valence-corrected chi connectivity index (χ1v) is 5.52. The van der Waals surface area contributed by atoms with Crippen molar-refractivity contribution < 1.29 is 4.79 Å². The number of alkyl halides is 1. The molecule has 0 radical (unpaired) electrons. The maximum absolute atomic E-state index is 11.3. The topological polar surface area (TPSA) is 20.3 Å². The Labute approximate surface area is 93.2 Å². The Morgan fingerprint density at radius 1 is 1.36 bits per heavy atom. The van der Waals surface area contributed by atoms with Crippen molar-refractivity contribution in [3.63, 3.8) is 0 Å². The minimum Gasteiger partial charge on any atom is -0.339 e. The van der Waals surface area contributed by atoms with Crippen LogP contribution < -0.4 is 0 Å². The summed E-state index contributed by atoms with van der Waals surface area (Å²) < 4.78 is 0. The highest BCUT2D eigenvalue weighted by molar-refractivity contribution is 8.13. The van der Waals surface area contributed by atoms with Crippen molar-refractivity contribution in [2.24, 2.45) is 0 Å². The predicted octanol–water partition coefficient (Wildman–Crippen LogP) is 3.20. The van der Waals surface area contributed by atoms with Crippen LogP contribution in [0, 0.1) is 0 Å². The van der Waals surface area contributed by atoms with Gasteiger partial charge in [-0.3, -0.25) is 4.79 Å². The van der Waals surface area contributed by atoms with Crippen LogP contribution in [0.1, 0.15) is 5.56 Å². The van der Waals surface area contributed by atoms with Gasteiger partial charge in [0.1, 0.15) is 0 Å². The van der Waals surface area contributed by atoms with E-state index in [2.05, 4.69) is 0 Å². The van der Waals surface area contributed by atoms with Crippen LogP contribution >= 0.6 is 23.4 Å². The van der Waals surface area contributed by atoms with Crippen LogP contribution in [0.25, 0.3) is 0 Å². The van der Waals surface area contributed by atoms with E-state index in [1.54, 1.807) is 19.0 Å². The molecule has 0 spiro atoms. The highest BCUT2D eigenvalue weighted by Crippen LogP contribution is 2.21. The Balaban J connectivity index is 2.64. The van der Waals surface area contributed by atoms with Crippen LogP contribution in [0.5, 0.6) is 0 Å². The summed E-state index contributed by atoms with van der Waals surface area (Å²) in [5, 5.41) is 0.0311. The molecule has 76 valence electrons. The molecule has 4 heteroatoms. The van der Waals surface area contributed by atoms with Crippen LogP contribution in [0.15, 0.2) is 29.2 Å². The third-order valence-electron chi connectivity index (χ3n) is 1.65. The van der Waals surface area contributed by atoms with Gasteiger partial charge in [0.05, 0.1) is 0 Å². The fourth-order valence-corrected chi connectivity index (χ4v) is 1.67. The Morgan fingerprint density at radius 3 is 2.36 bits per heavy atom. The molecule has 0 heterocycles. The monoisotopic (exact) mass is 229 g/mol. The minimum atomic E-state index is 0.0311. The quantitative estimate of drug-likeness (QED) is 0.574. The second kappa shape index (κ2) is 5.27. The van der Waals surface area contributed by atoms with E-state index in [1.807, 2.05) is 24.3 Å². The van der Waals surface area contributed by atoms with Crippen molar-refractivity contribution in [2.45, 2.75) is 10.8 Å². The lowest BCUT2D eigenvalue weighted by molar-refractivity contribution is 0.241. The molecule has 2 nitrogen and oxygen atoms in total. The molecule has 0 atom stereocenters. The molecule has 0 saturated carbocycles. The number of benzene rings is 1.